The first-order valence-corrected chi connectivity index (χ1v) is 12.6. The van der Waals surface area contributed by atoms with E-state index in [0.717, 1.165) is 37.8 Å². The minimum Gasteiger partial charge on any atom is -0.444 e. The van der Waals surface area contributed by atoms with Crippen molar-refractivity contribution in [2.45, 2.75) is 84.0 Å². The molecule has 1 aliphatic rings. The number of carbonyl (C=O) groups is 1. The summed E-state index contributed by atoms with van der Waals surface area (Å²) in [4.78, 5) is 38.5. The molecule has 12 heteroatoms. The Morgan fingerprint density at radius 3 is 2.29 bits per heavy atom. The number of anilines is 2. The van der Waals surface area contributed by atoms with Crippen molar-refractivity contribution < 1.29 is 18.3 Å². The second-order valence-corrected chi connectivity index (χ2v) is 10.8. The molecule has 1 aromatic carbocycles. The highest BCUT2D eigenvalue weighted by Crippen LogP contribution is 2.27. The molecule has 0 saturated heterocycles. The molecule has 1 aliphatic carbocycles. The zero-order valence-corrected chi connectivity index (χ0v) is 22.1. The number of rotatable bonds is 5. The number of fused-ring (bicyclic) bond motifs is 1. The molecule has 1 fully saturated rings. The van der Waals surface area contributed by atoms with Crippen LogP contribution in [0, 0.1) is 11.6 Å². The number of nitrogen functional groups attached to an aromatic ring is 1. The third-order valence-electron chi connectivity index (χ3n) is 6.23. The highest BCUT2D eigenvalue weighted by atomic mass is 19.1. The molecule has 204 valence electrons. The zero-order valence-electron chi connectivity index (χ0n) is 22.1. The van der Waals surface area contributed by atoms with Crippen LogP contribution in [-0.4, -0.2) is 43.3 Å². The van der Waals surface area contributed by atoms with E-state index >= 15 is 0 Å². The van der Waals surface area contributed by atoms with Crippen LogP contribution in [0.2, 0.25) is 0 Å². The molecule has 2 aromatic heterocycles. The summed E-state index contributed by atoms with van der Waals surface area (Å²) < 4.78 is 35.9. The highest BCUT2D eigenvalue weighted by Gasteiger charge is 2.26. The maximum Gasteiger partial charge on any atom is 0.407 e. The molecule has 1 amide bonds. The van der Waals surface area contributed by atoms with Gasteiger partial charge in [-0.2, -0.15) is 4.98 Å². The SMILES string of the molecule is CC(C)n1c(=O)c(-c2c(F)cc(N)cc2F)nc2cnc(N[C@H]3CC[C@H](NC(=O)OC(C)(C)C)CC3)nc21. The molecule has 0 radical (unpaired) electrons. The number of alkyl carbamates (subject to hydrolysis) is 1. The molecule has 3 aromatic rings. The summed E-state index contributed by atoms with van der Waals surface area (Å²) >= 11 is 0. The Morgan fingerprint density at radius 1 is 1.11 bits per heavy atom. The van der Waals surface area contributed by atoms with Gasteiger partial charge in [0.25, 0.3) is 5.56 Å². The molecule has 0 spiro atoms. The number of nitrogens with two attached hydrogens (primary N) is 1. The Labute approximate surface area is 219 Å². The average Bonchev–Trinajstić information content (AvgIpc) is 2.78. The first-order valence-electron chi connectivity index (χ1n) is 12.6. The van der Waals surface area contributed by atoms with Crippen LogP contribution in [0.5, 0.6) is 0 Å². The van der Waals surface area contributed by atoms with Crippen molar-refractivity contribution in [2.75, 3.05) is 11.1 Å². The third kappa shape index (κ3) is 6.00. The lowest BCUT2D eigenvalue weighted by Crippen LogP contribution is -2.42. The molecule has 10 nitrogen and oxygen atoms in total. The Morgan fingerprint density at radius 2 is 1.71 bits per heavy atom. The Bertz CT molecular complexity index is 1390. The molecular weight excluding hydrogens is 496 g/mol. The van der Waals surface area contributed by atoms with E-state index in [1.165, 1.54) is 10.8 Å². The van der Waals surface area contributed by atoms with Gasteiger partial charge in [0.15, 0.2) is 5.65 Å². The minimum absolute atomic E-state index is 0.0169. The first-order chi connectivity index (χ1) is 17.8. The number of ether oxygens (including phenoxy) is 1. The number of carbonyl (C=O) groups excluding carboxylic acids is 1. The van der Waals surface area contributed by atoms with Gasteiger partial charge in [-0.1, -0.05) is 0 Å². The summed E-state index contributed by atoms with van der Waals surface area (Å²) in [5.41, 5.74) is 3.76. The van der Waals surface area contributed by atoms with Gasteiger partial charge in [0, 0.05) is 23.8 Å². The molecule has 4 N–H and O–H groups in total. The van der Waals surface area contributed by atoms with Crippen molar-refractivity contribution in [3.63, 3.8) is 0 Å². The summed E-state index contributed by atoms with van der Waals surface area (Å²) in [7, 11) is 0. The summed E-state index contributed by atoms with van der Waals surface area (Å²) in [6.07, 6.45) is 4.05. The van der Waals surface area contributed by atoms with Gasteiger partial charge in [-0.15, -0.1) is 0 Å². The number of nitrogens with one attached hydrogen (secondary N) is 2. The van der Waals surface area contributed by atoms with Gasteiger partial charge in [0.2, 0.25) is 5.95 Å². The number of aromatic nitrogens is 4. The highest BCUT2D eigenvalue weighted by molar-refractivity contribution is 5.75. The number of benzene rings is 1. The van der Waals surface area contributed by atoms with Crippen LogP contribution in [0.4, 0.5) is 25.2 Å². The smallest absolute Gasteiger partial charge is 0.407 e. The van der Waals surface area contributed by atoms with E-state index in [2.05, 4.69) is 25.6 Å². The fourth-order valence-corrected chi connectivity index (χ4v) is 4.57. The van der Waals surface area contributed by atoms with Crippen molar-refractivity contribution in [3.05, 3.63) is 40.3 Å². The van der Waals surface area contributed by atoms with Crippen molar-refractivity contribution in [2.24, 2.45) is 0 Å². The molecular formula is C26H33F2N7O3. The fourth-order valence-electron chi connectivity index (χ4n) is 4.57. The second-order valence-electron chi connectivity index (χ2n) is 10.8. The lowest BCUT2D eigenvalue weighted by molar-refractivity contribution is 0.0492. The van der Waals surface area contributed by atoms with E-state index in [0.29, 0.717) is 5.95 Å². The Balaban J connectivity index is 1.55. The van der Waals surface area contributed by atoms with Crippen molar-refractivity contribution in [1.29, 1.82) is 0 Å². The molecule has 0 aliphatic heterocycles. The van der Waals surface area contributed by atoms with Gasteiger partial charge >= 0.3 is 6.09 Å². The number of hydrogen-bond donors (Lipinski definition) is 3. The molecule has 38 heavy (non-hydrogen) atoms. The normalized spacial score (nSPS) is 18.0. The van der Waals surface area contributed by atoms with E-state index in [-0.39, 0.29) is 40.7 Å². The first kappa shape index (κ1) is 27.2. The average molecular weight is 530 g/mol. The van der Waals surface area contributed by atoms with Crippen LogP contribution in [0.25, 0.3) is 22.4 Å². The standard InChI is InChI=1S/C26H33F2N7O3/c1-13(2)35-22-19(33-21(23(35)36)20-17(27)10-14(29)11-18(20)28)12-30-24(34-22)31-15-6-8-16(9-7-15)32-25(37)38-26(3,4)5/h10-13,15-16H,6-9,29H2,1-5H3,(H,32,37)(H,30,31,34)/t15-,16-. The number of amides is 1. The minimum atomic E-state index is -0.974. The van der Waals surface area contributed by atoms with Gasteiger partial charge in [0.1, 0.15) is 28.4 Å². The van der Waals surface area contributed by atoms with Crippen LogP contribution in [0.3, 0.4) is 0 Å². The van der Waals surface area contributed by atoms with E-state index in [4.69, 9.17) is 10.5 Å². The molecule has 1 saturated carbocycles. The third-order valence-corrected chi connectivity index (χ3v) is 6.23. The summed E-state index contributed by atoms with van der Waals surface area (Å²) in [6, 6.07) is 1.61. The summed E-state index contributed by atoms with van der Waals surface area (Å²) in [5.74, 6) is -1.63. The van der Waals surface area contributed by atoms with E-state index < -0.39 is 34.5 Å². The Kier molecular flexibility index (Phi) is 7.52. The van der Waals surface area contributed by atoms with Crippen molar-refractivity contribution in [3.8, 4) is 11.3 Å². The van der Waals surface area contributed by atoms with Gasteiger partial charge in [-0.3, -0.25) is 9.36 Å². The van der Waals surface area contributed by atoms with Crippen LogP contribution >= 0.6 is 0 Å². The van der Waals surface area contributed by atoms with Gasteiger partial charge < -0.3 is 21.1 Å². The Hall–Kier alpha value is -3.83. The van der Waals surface area contributed by atoms with E-state index in [1.807, 2.05) is 20.8 Å². The topological polar surface area (TPSA) is 137 Å². The summed E-state index contributed by atoms with van der Waals surface area (Å²) in [6.45, 7) is 9.00. The van der Waals surface area contributed by atoms with E-state index in [9.17, 15) is 18.4 Å². The van der Waals surface area contributed by atoms with Gasteiger partial charge in [0.05, 0.1) is 11.8 Å². The number of halogens is 2. The zero-order chi connectivity index (χ0) is 27.8. The largest absolute Gasteiger partial charge is 0.444 e. The fraction of sp³-hybridized carbons (Fsp3) is 0.500. The molecule has 4 rings (SSSR count). The van der Waals surface area contributed by atoms with Gasteiger partial charge in [-0.05, 0) is 72.4 Å². The van der Waals surface area contributed by atoms with Crippen LogP contribution in [0.15, 0.2) is 23.1 Å². The van der Waals surface area contributed by atoms with Crippen molar-refractivity contribution >= 4 is 28.9 Å². The molecule has 0 unspecified atom stereocenters. The molecule has 2 heterocycles. The van der Waals surface area contributed by atoms with Crippen molar-refractivity contribution in [1.82, 2.24) is 24.8 Å². The van der Waals surface area contributed by atoms with Crippen LogP contribution < -0.4 is 21.9 Å². The quantitative estimate of drug-likeness (QED) is 0.410. The lowest BCUT2D eigenvalue weighted by atomic mass is 9.91. The lowest BCUT2D eigenvalue weighted by Gasteiger charge is -2.30. The summed E-state index contributed by atoms with van der Waals surface area (Å²) in [5, 5.41) is 6.21. The maximum absolute atomic E-state index is 14.6. The maximum atomic E-state index is 14.6. The van der Waals surface area contributed by atoms with Crippen LogP contribution in [-0.2, 0) is 4.74 Å². The molecule has 0 bridgehead atoms. The van der Waals surface area contributed by atoms with E-state index in [1.54, 1.807) is 13.8 Å². The molecule has 0 atom stereocenters. The number of hydrogen-bond acceptors (Lipinski definition) is 8. The van der Waals surface area contributed by atoms with Crippen LogP contribution in [0.1, 0.15) is 66.3 Å². The monoisotopic (exact) mass is 529 g/mol. The van der Waals surface area contributed by atoms with Gasteiger partial charge in [-0.25, -0.2) is 23.5 Å². The number of nitrogens with zero attached hydrogens (tertiary/aromatic N) is 4. The second kappa shape index (κ2) is 10.5. The predicted molar refractivity (Wildman–Crippen MR) is 141 cm³/mol. The predicted octanol–water partition coefficient (Wildman–Crippen LogP) is 4.54.